The lowest BCUT2D eigenvalue weighted by molar-refractivity contribution is 0.0939. The van der Waals surface area contributed by atoms with E-state index in [0.29, 0.717) is 25.3 Å². The Morgan fingerprint density at radius 3 is 2.27 bits per heavy atom. The summed E-state index contributed by atoms with van der Waals surface area (Å²) in [6, 6.07) is 17.1. The molecule has 0 aliphatic carbocycles. The van der Waals surface area contributed by atoms with Crippen molar-refractivity contribution in [2.75, 3.05) is 13.1 Å². The first-order valence-electron chi connectivity index (χ1n) is 10.9. The number of carbonyl (C=O) groups excluding carboxylic acids is 1. The molecule has 8 heteroatoms. The third-order valence-electron chi connectivity index (χ3n) is 5.32. The third-order valence-corrected chi connectivity index (χ3v) is 7.38. The first-order valence-corrected chi connectivity index (χ1v) is 12.3. The summed E-state index contributed by atoms with van der Waals surface area (Å²) in [5.74, 6) is 0.456. The molecule has 0 aliphatic rings. The molecule has 1 aromatic heterocycles. The lowest BCUT2D eigenvalue weighted by Gasteiger charge is -2.19. The number of rotatable bonds is 10. The second kappa shape index (κ2) is 11.1. The number of ether oxygens (including phenoxy) is 1. The van der Waals surface area contributed by atoms with Gasteiger partial charge in [0.15, 0.2) is 0 Å². The van der Waals surface area contributed by atoms with Gasteiger partial charge in [-0.1, -0.05) is 32.0 Å². The average Bonchev–Trinajstić information content (AvgIpc) is 2.84. The van der Waals surface area contributed by atoms with Gasteiger partial charge in [0.25, 0.3) is 5.91 Å². The molecular formula is C25H29N3O4S. The Morgan fingerprint density at radius 2 is 1.70 bits per heavy atom. The highest BCUT2D eigenvalue weighted by Crippen LogP contribution is 2.20. The molecule has 3 rings (SSSR count). The number of amides is 1. The minimum atomic E-state index is -3.55. The van der Waals surface area contributed by atoms with Crippen LogP contribution in [0.3, 0.4) is 0 Å². The molecule has 0 radical (unpaired) electrons. The van der Waals surface area contributed by atoms with Gasteiger partial charge in [-0.25, -0.2) is 8.42 Å². The lowest BCUT2D eigenvalue weighted by atomic mass is 10.1. The Bertz CT molecular complexity index is 1140. The highest BCUT2D eigenvalue weighted by molar-refractivity contribution is 7.89. The predicted octanol–water partition coefficient (Wildman–Crippen LogP) is 4.18. The van der Waals surface area contributed by atoms with Crippen LogP contribution in [-0.4, -0.2) is 36.7 Å². The van der Waals surface area contributed by atoms with Gasteiger partial charge in [0.05, 0.1) is 10.9 Å². The second-order valence-corrected chi connectivity index (χ2v) is 9.47. The standard InChI is InChI=1S/C25H29N3O4S/c1-4-28(5-2)33(30,31)24-14-10-22(11-15-24)25(29)27-19(3)21-8-12-23(13-9-21)32-18-20-7-6-16-26-17-20/h6-17,19H,4-5,18H2,1-3H3,(H,27,29). The molecular weight excluding hydrogens is 438 g/mol. The van der Waals surface area contributed by atoms with Crippen molar-refractivity contribution in [3.8, 4) is 5.75 Å². The van der Waals surface area contributed by atoms with Crippen LogP contribution in [-0.2, 0) is 16.6 Å². The summed E-state index contributed by atoms with van der Waals surface area (Å²) in [7, 11) is -3.55. The summed E-state index contributed by atoms with van der Waals surface area (Å²) in [6.07, 6.45) is 3.48. The lowest BCUT2D eigenvalue weighted by Crippen LogP contribution is -2.30. The van der Waals surface area contributed by atoms with Gasteiger partial charge in [-0.15, -0.1) is 0 Å². The van der Waals surface area contributed by atoms with Crippen molar-refractivity contribution in [3.63, 3.8) is 0 Å². The number of sulfonamides is 1. The molecule has 0 saturated carbocycles. The molecule has 0 fully saturated rings. The largest absolute Gasteiger partial charge is 0.489 e. The highest BCUT2D eigenvalue weighted by Gasteiger charge is 2.22. The zero-order chi connectivity index (χ0) is 23.8. The smallest absolute Gasteiger partial charge is 0.251 e. The molecule has 0 saturated heterocycles. The maximum absolute atomic E-state index is 12.7. The Kier molecular flexibility index (Phi) is 8.19. The van der Waals surface area contributed by atoms with Gasteiger partial charge in [-0.05, 0) is 55.0 Å². The third kappa shape index (κ3) is 6.18. The van der Waals surface area contributed by atoms with E-state index in [4.69, 9.17) is 4.74 Å². The van der Waals surface area contributed by atoms with Crippen molar-refractivity contribution in [1.29, 1.82) is 0 Å². The number of nitrogens with zero attached hydrogens (tertiary/aromatic N) is 2. The van der Waals surface area contributed by atoms with E-state index >= 15 is 0 Å². The van der Waals surface area contributed by atoms with Crippen LogP contribution >= 0.6 is 0 Å². The number of hydrogen-bond donors (Lipinski definition) is 1. The van der Waals surface area contributed by atoms with Gasteiger partial charge in [0, 0.05) is 36.6 Å². The van der Waals surface area contributed by atoms with Crippen LogP contribution in [0.4, 0.5) is 0 Å². The molecule has 1 unspecified atom stereocenters. The molecule has 2 aromatic carbocycles. The van der Waals surface area contributed by atoms with E-state index in [0.717, 1.165) is 16.9 Å². The molecule has 0 aliphatic heterocycles. The number of carbonyl (C=O) groups is 1. The molecule has 33 heavy (non-hydrogen) atoms. The first kappa shape index (κ1) is 24.4. The summed E-state index contributed by atoms with van der Waals surface area (Å²) in [4.78, 5) is 16.9. The number of hydrogen-bond acceptors (Lipinski definition) is 5. The molecule has 0 spiro atoms. The van der Waals surface area contributed by atoms with Crippen molar-refractivity contribution in [2.45, 2.75) is 38.3 Å². The number of aromatic nitrogens is 1. The van der Waals surface area contributed by atoms with Crippen LogP contribution in [0.15, 0.2) is 78.0 Å². The summed E-state index contributed by atoms with van der Waals surface area (Å²) in [6.45, 7) is 6.70. The van der Waals surface area contributed by atoms with E-state index in [2.05, 4.69) is 10.3 Å². The second-order valence-electron chi connectivity index (χ2n) is 7.53. The summed E-state index contributed by atoms with van der Waals surface area (Å²) in [5.41, 5.74) is 2.31. The Balaban J connectivity index is 1.59. The molecule has 3 aromatic rings. The minimum absolute atomic E-state index is 0.178. The maximum atomic E-state index is 12.7. The monoisotopic (exact) mass is 467 g/mol. The van der Waals surface area contributed by atoms with E-state index in [1.165, 1.54) is 28.6 Å². The van der Waals surface area contributed by atoms with Gasteiger partial charge in [-0.2, -0.15) is 4.31 Å². The summed E-state index contributed by atoms with van der Waals surface area (Å²) < 4.78 is 32.4. The van der Waals surface area contributed by atoms with Gasteiger partial charge in [0.2, 0.25) is 10.0 Å². The zero-order valence-electron chi connectivity index (χ0n) is 19.1. The fraction of sp³-hybridized carbons (Fsp3) is 0.280. The first-order chi connectivity index (χ1) is 15.8. The number of pyridine rings is 1. The maximum Gasteiger partial charge on any atom is 0.251 e. The van der Waals surface area contributed by atoms with Crippen molar-refractivity contribution >= 4 is 15.9 Å². The van der Waals surface area contributed by atoms with E-state index in [-0.39, 0.29) is 16.8 Å². The molecule has 174 valence electrons. The van der Waals surface area contributed by atoms with E-state index in [9.17, 15) is 13.2 Å². The molecule has 1 N–H and O–H groups in total. The normalized spacial score (nSPS) is 12.4. The summed E-state index contributed by atoms with van der Waals surface area (Å²) >= 11 is 0. The van der Waals surface area contributed by atoms with Crippen LogP contribution in [0, 0.1) is 0 Å². The fourth-order valence-electron chi connectivity index (χ4n) is 3.36. The summed E-state index contributed by atoms with van der Waals surface area (Å²) in [5, 5.41) is 2.95. The molecule has 1 heterocycles. The average molecular weight is 468 g/mol. The number of benzene rings is 2. The predicted molar refractivity (Wildman–Crippen MR) is 127 cm³/mol. The Hall–Kier alpha value is -3.23. The van der Waals surface area contributed by atoms with Crippen molar-refractivity contribution < 1.29 is 17.9 Å². The zero-order valence-corrected chi connectivity index (χ0v) is 19.9. The van der Waals surface area contributed by atoms with Gasteiger partial charge < -0.3 is 10.1 Å². The van der Waals surface area contributed by atoms with Crippen molar-refractivity contribution in [1.82, 2.24) is 14.6 Å². The van der Waals surface area contributed by atoms with E-state index < -0.39 is 10.0 Å². The number of nitrogens with one attached hydrogen (secondary N) is 1. The molecule has 1 atom stereocenters. The molecule has 0 bridgehead atoms. The van der Waals surface area contributed by atoms with Crippen LogP contribution in [0.5, 0.6) is 5.75 Å². The Morgan fingerprint density at radius 1 is 1.03 bits per heavy atom. The van der Waals surface area contributed by atoms with Crippen LogP contribution in [0.25, 0.3) is 0 Å². The van der Waals surface area contributed by atoms with Crippen LogP contribution in [0.1, 0.15) is 48.3 Å². The quantitative estimate of drug-likeness (QED) is 0.483. The molecule has 7 nitrogen and oxygen atoms in total. The van der Waals surface area contributed by atoms with Gasteiger partial charge >= 0.3 is 0 Å². The van der Waals surface area contributed by atoms with E-state index in [1.54, 1.807) is 26.2 Å². The Labute approximate surface area is 195 Å². The van der Waals surface area contributed by atoms with Crippen LogP contribution < -0.4 is 10.1 Å². The van der Waals surface area contributed by atoms with Gasteiger partial charge in [-0.3, -0.25) is 9.78 Å². The van der Waals surface area contributed by atoms with Crippen molar-refractivity contribution in [2.24, 2.45) is 0 Å². The topological polar surface area (TPSA) is 88.6 Å². The molecule has 1 amide bonds. The van der Waals surface area contributed by atoms with Crippen molar-refractivity contribution in [3.05, 3.63) is 89.7 Å². The van der Waals surface area contributed by atoms with Crippen LogP contribution in [0.2, 0.25) is 0 Å². The SMILES string of the molecule is CCN(CC)S(=O)(=O)c1ccc(C(=O)NC(C)c2ccc(OCc3cccnc3)cc2)cc1. The van der Waals surface area contributed by atoms with E-state index in [1.807, 2.05) is 43.3 Å². The highest BCUT2D eigenvalue weighted by atomic mass is 32.2. The van der Waals surface area contributed by atoms with Gasteiger partial charge in [0.1, 0.15) is 12.4 Å². The minimum Gasteiger partial charge on any atom is -0.489 e. The fourth-order valence-corrected chi connectivity index (χ4v) is 4.82.